The molecule has 18 heavy (non-hydrogen) atoms. The van der Waals surface area contributed by atoms with Crippen LogP contribution in [0.5, 0.6) is 0 Å². The Morgan fingerprint density at radius 3 is 2.83 bits per heavy atom. The SMILES string of the molecule is CC(C)CN(C(=O)c1cc(Cl)ncc1N)C1CC1. The molecule has 98 valence electrons. The van der Waals surface area contributed by atoms with Crippen LogP contribution in [0.2, 0.25) is 5.15 Å². The van der Waals surface area contributed by atoms with E-state index in [2.05, 4.69) is 18.8 Å². The summed E-state index contributed by atoms with van der Waals surface area (Å²) in [5.74, 6) is 0.404. The van der Waals surface area contributed by atoms with E-state index in [1.165, 1.54) is 6.20 Å². The fraction of sp³-hybridized carbons (Fsp3) is 0.538. The molecule has 0 aliphatic heterocycles. The van der Waals surface area contributed by atoms with E-state index in [4.69, 9.17) is 17.3 Å². The van der Waals surface area contributed by atoms with E-state index in [9.17, 15) is 4.79 Å². The number of nitrogens with zero attached hydrogens (tertiary/aromatic N) is 2. The number of carbonyl (C=O) groups excluding carboxylic acids is 1. The predicted octanol–water partition coefficient (Wildman–Crippen LogP) is 2.58. The number of rotatable bonds is 4. The average molecular weight is 268 g/mol. The summed E-state index contributed by atoms with van der Waals surface area (Å²) >= 11 is 5.83. The van der Waals surface area contributed by atoms with Gasteiger partial charge in [-0.1, -0.05) is 25.4 Å². The van der Waals surface area contributed by atoms with Crippen molar-refractivity contribution < 1.29 is 4.79 Å². The zero-order valence-corrected chi connectivity index (χ0v) is 11.4. The van der Waals surface area contributed by atoms with Crippen molar-refractivity contribution in [1.29, 1.82) is 0 Å². The minimum Gasteiger partial charge on any atom is -0.397 e. The highest BCUT2D eigenvalue weighted by atomic mass is 35.5. The van der Waals surface area contributed by atoms with Crippen molar-refractivity contribution in [3.05, 3.63) is 23.0 Å². The van der Waals surface area contributed by atoms with Gasteiger partial charge in [-0.2, -0.15) is 0 Å². The molecule has 0 radical (unpaired) electrons. The molecule has 0 aromatic carbocycles. The first-order chi connectivity index (χ1) is 8.49. The van der Waals surface area contributed by atoms with Crippen molar-refractivity contribution >= 4 is 23.2 Å². The van der Waals surface area contributed by atoms with E-state index in [1.54, 1.807) is 6.07 Å². The fourth-order valence-electron chi connectivity index (χ4n) is 1.96. The number of pyridine rings is 1. The van der Waals surface area contributed by atoms with Crippen LogP contribution in [-0.4, -0.2) is 28.4 Å². The third-order valence-corrected chi connectivity index (χ3v) is 3.15. The van der Waals surface area contributed by atoms with Crippen molar-refractivity contribution in [2.45, 2.75) is 32.7 Å². The molecule has 2 N–H and O–H groups in total. The molecule has 0 unspecified atom stereocenters. The molecule has 0 saturated heterocycles. The van der Waals surface area contributed by atoms with Crippen LogP contribution in [0, 0.1) is 5.92 Å². The summed E-state index contributed by atoms with van der Waals surface area (Å²) in [6.07, 6.45) is 3.60. The Kier molecular flexibility index (Phi) is 3.76. The summed E-state index contributed by atoms with van der Waals surface area (Å²) in [7, 11) is 0. The van der Waals surface area contributed by atoms with Gasteiger partial charge >= 0.3 is 0 Å². The van der Waals surface area contributed by atoms with Gasteiger partial charge in [0.15, 0.2) is 0 Å². The van der Waals surface area contributed by atoms with Crippen molar-refractivity contribution in [2.24, 2.45) is 5.92 Å². The molecule has 4 nitrogen and oxygen atoms in total. The van der Waals surface area contributed by atoms with Gasteiger partial charge in [-0.25, -0.2) is 4.98 Å². The van der Waals surface area contributed by atoms with Gasteiger partial charge in [0.25, 0.3) is 5.91 Å². The van der Waals surface area contributed by atoms with Gasteiger partial charge in [-0.15, -0.1) is 0 Å². The van der Waals surface area contributed by atoms with E-state index >= 15 is 0 Å². The standard InChI is InChI=1S/C13H18ClN3O/c1-8(2)7-17(9-3-4-9)13(18)10-5-12(14)16-6-11(10)15/h5-6,8-9H,3-4,7,15H2,1-2H3. The highest BCUT2D eigenvalue weighted by molar-refractivity contribution is 6.29. The van der Waals surface area contributed by atoms with Crippen LogP contribution in [0.3, 0.4) is 0 Å². The Labute approximate surface area is 112 Å². The molecule has 2 rings (SSSR count). The molecular weight excluding hydrogens is 250 g/mol. The quantitative estimate of drug-likeness (QED) is 0.853. The van der Waals surface area contributed by atoms with E-state index in [1.807, 2.05) is 4.90 Å². The number of nitrogen functional groups attached to an aromatic ring is 1. The maximum absolute atomic E-state index is 12.5. The summed E-state index contributed by atoms with van der Waals surface area (Å²) in [5.41, 5.74) is 6.66. The van der Waals surface area contributed by atoms with Crippen molar-refractivity contribution in [1.82, 2.24) is 9.88 Å². The minimum atomic E-state index is -0.0343. The van der Waals surface area contributed by atoms with Gasteiger partial charge in [-0.05, 0) is 24.8 Å². The second-order valence-corrected chi connectivity index (χ2v) is 5.56. The second kappa shape index (κ2) is 5.14. The number of nitrogens with two attached hydrogens (primary N) is 1. The number of carbonyl (C=O) groups is 1. The first kappa shape index (κ1) is 13.1. The van der Waals surface area contributed by atoms with Gasteiger partial charge < -0.3 is 10.6 Å². The molecule has 0 spiro atoms. The highest BCUT2D eigenvalue weighted by Crippen LogP contribution is 2.30. The number of aromatic nitrogens is 1. The molecule has 1 aromatic rings. The Morgan fingerprint density at radius 1 is 1.61 bits per heavy atom. The van der Waals surface area contributed by atoms with Crippen molar-refractivity contribution in [3.63, 3.8) is 0 Å². The molecule has 1 aliphatic carbocycles. The first-order valence-electron chi connectivity index (χ1n) is 6.21. The monoisotopic (exact) mass is 267 g/mol. The molecule has 1 aromatic heterocycles. The van der Waals surface area contributed by atoms with Crippen molar-refractivity contribution in [3.8, 4) is 0 Å². The smallest absolute Gasteiger partial charge is 0.256 e. The van der Waals surface area contributed by atoms with E-state index in [-0.39, 0.29) is 5.91 Å². The van der Waals surface area contributed by atoms with Crippen LogP contribution >= 0.6 is 11.6 Å². The zero-order chi connectivity index (χ0) is 13.3. The van der Waals surface area contributed by atoms with Crippen LogP contribution in [0.15, 0.2) is 12.3 Å². The van der Waals surface area contributed by atoms with Crippen LogP contribution in [-0.2, 0) is 0 Å². The fourth-order valence-corrected chi connectivity index (χ4v) is 2.12. The number of hydrogen-bond acceptors (Lipinski definition) is 3. The molecule has 1 aliphatic rings. The van der Waals surface area contributed by atoms with Gasteiger partial charge in [0.2, 0.25) is 0 Å². The molecule has 1 fully saturated rings. The van der Waals surface area contributed by atoms with E-state index < -0.39 is 0 Å². The third-order valence-electron chi connectivity index (χ3n) is 2.94. The third kappa shape index (κ3) is 2.93. The Bertz CT molecular complexity index is 458. The first-order valence-corrected chi connectivity index (χ1v) is 6.59. The molecular formula is C13H18ClN3O. The van der Waals surface area contributed by atoms with E-state index in [0.29, 0.717) is 28.4 Å². The lowest BCUT2D eigenvalue weighted by Gasteiger charge is -2.25. The maximum atomic E-state index is 12.5. The lowest BCUT2D eigenvalue weighted by Crippen LogP contribution is -2.36. The second-order valence-electron chi connectivity index (χ2n) is 5.18. The molecule has 1 heterocycles. The van der Waals surface area contributed by atoms with Gasteiger partial charge in [0, 0.05) is 12.6 Å². The van der Waals surface area contributed by atoms with Gasteiger partial charge in [0.1, 0.15) is 5.15 Å². The topological polar surface area (TPSA) is 59.2 Å². The minimum absolute atomic E-state index is 0.0343. The van der Waals surface area contributed by atoms with Crippen LogP contribution in [0.4, 0.5) is 5.69 Å². The van der Waals surface area contributed by atoms with E-state index in [0.717, 1.165) is 19.4 Å². The summed E-state index contributed by atoms with van der Waals surface area (Å²) in [6.45, 7) is 4.96. The zero-order valence-electron chi connectivity index (χ0n) is 10.7. The Balaban J connectivity index is 2.24. The number of halogens is 1. The summed E-state index contributed by atoms with van der Waals surface area (Å²) in [4.78, 5) is 18.3. The predicted molar refractivity (Wildman–Crippen MR) is 72.6 cm³/mol. The largest absolute Gasteiger partial charge is 0.397 e. The molecule has 1 saturated carbocycles. The van der Waals surface area contributed by atoms with Crippen LogP contribution < -0.4 is 5.73 Å². The Hall–Kier alpha value is -1.29. The number of amides is 1. The van der Waals surface area contributed by atoms with Crippen LogP contribution in [0.25, 0.3) is 0 Å². The molecule has 1 amide bonds. The highest BCUT2D eigenvalue weighted by Gasteiger charge is 2.34. The number of anilines is 1. The number of hydrogen-bond donors (Lipinski definition) is 1. The average Bonchev–Trinajstić information content (AvgIpc) is 3.12. The lowest BCUT2D eigenvalue weighted by atomic mass is 10.1. The van der Waals surface area contributed by atoms with Crippen molar-refractivity contribution in [2.75, 3.05) is 12.3 Å². The molecule has 5 heteroatoms. The summed E-state index contributed by atoms with van der Waals surface area (Å²) in [5, 5.41) is 0.299. The summed E-state index contributed by atoms with van der Waals surface area (Å²) in [6, 6.07) is 1.92. The van der Waals surface area contributed by atoms with Gasteiger partial charge in [0.05, 0.1) is 17.4 Å². The molecule has 0 bridgehead atoms. The Morgan fingerprint density at radius 2 is 2.28 bits per heavy atom. The van der Waals surface area contributed by atoms with Gasteiger partial charge in [-0.3, -0.25) is 4.79 Å². The summed E-state index contributed by atoms with van der Waals surface area (Å²) < 4.78 is 0. The molecule has 0 atom stereocenters. The maximum Gasteiger partial charge on any atom is 0.256 e. The normalized spacial score (nSPS) is 14.9. The van der Waals surface area contributed by atoms with Crippen LogP contribution in [0.1, 0.15) is 37.0 Å². The lowest BCUT2D eigenvalue weighted by molar-refractivity contribution is 0.0723.